The van der Waals surface area contributed by atoms with E-state index in [0.29, 0.717) is 38.2 Å². The van der Waals surface area contributed by atoms with Crippen LogP contribution in [0.25, 0.3) is 0 Å². The molecule has 1 aliphatic heterocycles. The van der Waals surface area contributed by atoms with Crippen molar-refractivity contribution in [3.8, 4) is 0 Å². The van der Waals surface area contributed by atoms with E-state index in [1.807, 2.05) is 13.0 Å². The molecule has 0 fully saturated rings. The Hall–Kier alpha value is -2.08. The zero-order chi connectivity index (χ0) is 15.4. The van der Waals surface area contributed by atoms with Crippen LogP contribution in [0.3, 0.4) is 0 Å². The lowest BCUT2D eigenvalue weighted by atomic mass is 9.94. The van der Waals surface area contributed by atoms with Gasteiger partial charge in [-0.2, -0.15) is 0 Å². The van der Waals surface area contributed by atoms with E-state index in [1.165, 1.54) is 0 Å². The molecule has 0 bridgehead atoms. The highest BCUT2D eigenvalue weighted by Gasteiger charge is 2.26. The first-order chi connectivity index (χ1) is 10.1. The van der Waals surface area contributed by atoms with Crippen molar-refractivity contribution >= 4 is 12.0 Å². The van der Waals surface area contributed by atoms with Gasteiger partial charge in [-0.1, -0.05) is 12.1 Å². The van der Waals surface area contributed by atoms with Crippen LogP contribution >= 0.6 is 0 Å². The molecule has 6 nitrogen and oxygen atoms in total. The second-order valence-electron chi connectivity index (χ2n) is 5.01. The van der Waals surface area contributed by atoms with Gasteiger partial charge >= 0.3 is 12.0 Å². The third-order valence-corrected chi connectivity index (χ3v) is 3.79. The van der Waals surface area contributed by atoms with E-state index in [2.05, 4.69) is 0 Å². The van der Waals surface area contributed by atoms with Crippen LogP contribution in [0.4, 0.5) is 4.79 Å². The number of benzene rings is 1. The lowest BCUT2D eigenvalue weighted by Gasteiger charge is -2.33. The summed E-state index contributed by atoms with van der Waals surface area (Å²) in [6.45, 7) is 3.57. The first-order valence-corrected chi connectivity index (χ1v) is 7.07. The largest absolute Gasteiger partial charge is 0.478 e. The highest BCUT2D eigenvalue weighted by Crippen LogP contribution is 2.23. The van der Waals surface area contributed by atoms with Crippen molar-refractivity contribution in [2.24, 2.45) is 0 Å². The number of nitrogens with zero attached hydrogens (tertiary/aromatic N) is 2. The molecule has 2 N–H and O–H groups in total. The summed E-state index contributed by atoms with van der Waals surface area (Å²) < 4.78 is 0. The number of aromatic carboxylic acids is 1. The average Bonchev–Trinajstić information content (AvgIpc) is 2.50. The highest BCUT2D eigenvalue weighted by atomic mass is 16.4. The number of rotatable bonds is 4. The second kappa shape index (κ2) is 6.58. The number of carboxylic acid groups (broad SMARTS) is 1. The number of fused-ring (bicyclic) bond motifs is 1. The summed E-state index contributed by atoms with van der Waals surface area (Å²) >= 11 is 0. The summed E-state index contributed by atoms with van der Waals surface area (Å²) in [4.78, 5) is 26.9. The van der Waals surface area contributed by atoms with Gasteiger partial charge in [-0.25, -0.2) is 9.59 Å². The van der Waals surface area contributed by atoms with E-state index in [4.69, 9.17) is 5.11 Å². The van der Waals surface area contributed by atoms with Crippen LogP contribution in [0.15, 0.2) is 18.2 Å². The van der Waals surface area contributed by atoms with Crippen molar-refractivity contribution in [3.63, 3.8) is 0 Å². The highest BCUT2D eigenvalue weighted by molar-refractivity contribution is 5.90. The fourth-order valence-electron chi connectivity index (χ4n) is 2.68. The van der Waals surface area contributed by atoms with Crippen LogP contribution in [-0.2, 0) is 13.0 Å². The van der Waals surface area contributed by atoms with Gasteiger partial charge in [0, 0.05) is 26.2 Å². The van der Waals surface area contributed by atoms with E-state index in [1.54, 1.807) is 21.9 Å². The number of hydrogen-bond acceptors (Lipinski definition) is 3. The van der Waals surface area contributed by atoms with Gasteiger partial charge in [-0.3, -0.25) is 0 Å². The number of hydrogen-bond donors (Lipinski definition) is 2. The Kier molecular flexibility index (Phi) is 4.80. The normalized spacial score (nSPS) is 13.7. The van der Waals surface area contributed by atoms with Crippen molar-refractivity contribution < 1.29 is 19.8 Å². The molecule has 0 saturated carbocycles. The predicted octanol–water partition coefficient (Wildman–Crippen LogP) is 1.18. The molecule has 21 heavy (non-hydrogen) atoms. The van der Waals surface area contributed by atoms with E-state index >= 15 is 0 Å². The molecule has 1 aromatic carbocycles. The van der Waals surface area contributed by atoms with E-state index in [-0.39, 0.29) is 12.6 Å². The molecular formula is C15H20N2O4. The maximum atomic E-state index is 12.4. The Morgan fingerprint density at radius 3 is 2.76 bits per heavy atom. The van der Waals surface area contributed by atoms with Crippen molar-refractivity contribution in [3.05, 3.63) is 34.9 Å². The minimum Gasteiger partial charge on any atom is -0.478 e. The Morgan fingerprint density at radius 2 is 2.14 bits per heavy atom. The molecule has 2 amide bonds. The number of carbonyl (C=O) groups excluding carboxylic acids is 1. The van der Waals surface area contributed by atoms with Crippen LogP contribution in [0.2, 0.25) is 0 Å². The summed E-state index contributed by atoms with van der Waals surface area (Å²) in [5.74, 6) is -0.929. The van der Waals surface area contributed by atoms with Crippen LogP contribution < -0.4 is 0 Å². The van der Waals surface area contributed by atoms with Crippen LogP contribution in [0.1, 0.15) is 28.4 Å². The maximum Gasteiger partial charge on any atom is 0.335 e. The molecule has 1 heterocycles. The molecule has 0 unspecified atom stereocenters. The lowest BCUT2D eigenvalue weighted by Crippen LogP contribution is -2.46. The minimum absolute atomic E-state index is 0.0623. The Labute approximate surface area is 123 Å². The zero-order valence-corrected chi connectivity index (χ0v) is 12.1. The number of likely N-dealkylation sites (N-methyl/N-ethyl adjacent to an activating group) is 1. The molecule has 0 aromatic heterocycles. The van der Waals surface area contributed by atoms with E-state index in [9.17, 15) is 14.7 Å². The minimum atomic E-state index is -0.929. The van der Waals surface area contributed by atoms with Gasteiger partial charge < -0.3 is 20.0 Å². The first-order valence-electron chi connectivity index (χ1n) is 7.07. The molecule has 0 atom stereocenters. The molecule has 114 valence electrons. The van der Waals surface area contributed by atoms with Gasteiger partial charge in [0.25, 0.3) is 0 Å². The first kappa shape index (κ1) is 15.3. The summed E-state index contributed by atoms with van der Waals surface area (Å²) in [5.41, 5.74) is 2.02. The van der Waals surface area contributed by atoms with Crippen LogP contribution in [0, 0.1) is 0 Å². The lowest BCUT2D eigenvalue weighted by molar-refractivity contribution is 0.0695. The molecule has 1 aliphatic rings. The second-order valence-corrected chi connectivity index (χ2v) is 5.01. The predicted molar refractivity (Wildman–Crippen MR) is 77.2 cm³/mol. The monoisotopic (exact) mass is 292 g/mol. The maximum absolute atomic E-state index is 12.4. The number of aliphatic hydroxyl groups is 1. The summed E-state index contributed by atoms with van der Waals surface area (Å²) in [6, 6.07) is 5.06. The molecule has 6 heteroatoms. The van der Waals surface area contributed by atoms with Crippen LogP contribution in [0.5, 0.6) is 0 Å². The average molecular weight is 292 g/mol. The van der Waals surface area contributed by atoms with Gasteiger partial charge in [-0.05, 0) is 30.5 Å². The molecule has 2 rings (SSSR count). The Morgan fingerprint density at radius 1 is 1.38 bits per heavy atom. The van der Waals surface area contributed by atoms with Gasteiger partial charge in [0.05, 0.1) is 12.2 Å². The van der Waals surface area contributed by atoms with E-state index in [0.717, 1.165) is 11.1 Å². The van der Waals surface area contributed by atoms with Crippen molar-refractivity contribution in [1.29, 1.82) is 0 Å². The smallest absolute Gasteiger partial charge is 0.335 e. The summed E-state index contributed by atoms with van der Waals surface area (Å²) in [5, 5.41) is 18.2. The molecule has 1 aromatic rings. The third kappa shape index (κ3) is 3.16. The van der Waals surface area contributed by atoms with Crippen molar-refractivity contribution in [2.45, 2.75) is 19.9 Å². The number of carbonyl (C=O) groups is 2. The summed E-state index contributed by atoms with van der Waals surface area (Å²) in [6.07, 6.45) is 0.542. The van der Waals surface area contributed by atoms with Crippen molar-refractivity contribution in [2.75, 3.05) is 26.2 Å². The topological polar surface area (TPSA) is 81.1 Å². The SMILES string of the molecule is CCN(CCO)C(=O)N1CCc2c(cccc2C(=O)O)C1. The number of aliphatic hydroxyl groups excluding tert-OH is 1. The molecule has 0 radical (unpaired) electrons. The fraction of sp³-hybridized carbons (Fsp3) is 0.467. The summed E-state index contributed by atoms with van der Waals surface area (Å²) in [7, 11) is 0. The number of urea groups is 1. The van der Waals surface area contributed by atoms with Gasteiger partial charge in [0.2, 0.25) is 0 Å². The Balaban J connectivity index is 2.18. The van der Waals surface area contributed by atoms with Crippen LogP contribution in [-0.4, -0.2) is 58.3 Å². The standard InChI is InChI=1S/C15H20N2O4/c1-2-16(8-9-18)15(21)17-7-6-12-11(10-17)4-3-5-13(12)14(19)20/h3-5,18H,2,6-10H2,1H3,(H,19,20). The van der Waals surface area contributed by atoms with Crippen molar-refractivity contribution in [1.82, 2.24) is 9.80 Å². The van der Waals surface area contributed by atoms with Gasteiger partial charge in [-0.15, -0.1) is 0 Å². The third-order valence-electron chi connectivity index (χ3n) is 3.79. The number of amides is 2. The van der Waals surface area contributed by atoms with E-state index < -0.39 is 5.97 Å². The molecule has 0 saturated heterocycles. The Bertz CT molecular complexity index is 544. The molecule has 0 spiro atoms. The quantitative estimate of drug-likeness (QED) is 0.873. The number of carboxylic acids is 1. The van der Waals surface area contributed by atoms with Gasteiger partial charge in [0.15, 0.2) is 0 Å². The molecule has 0 aliphatic carbocycles. The van der Waals surface area contributed by atoms with Gasteiger partial charge in [0.1, 0.15) is 0 Å². The fourth-order valence-corrected chi connectivity index (χ4v) is 2.68. The molecular weight excluding hydrogens is 272 g/mol. The zero-order valence-electron chi connectivity index (χ0n) is 12.1.